The minimum absolute atomic E-state index is 0.0880. The molecule has 1 unspecified atom stereocenters. The molecule has 1 fully saturated rings. The molecule has 1 atom stereocenters. The number of likely N-dealkylation sites (tertiary alicyclic amines) is 1. The van der Waals surface area contributed by atoms with Gasteiger partial charge in [-0.05, 0) is 78.9 Å². The third-order valence-electron chi connectivity index (χ3n) is 6.30. The van der Waals surface area contributed by atoms with Crippen molar-refractivity contribution in [2.45, 2.75) is 25.7 Å². The van der Waals surface area contributed by atoms with Crippen LogP contribution in [0.25, 0.3) is 10.8 Å². The monoisotopic (exact) mass is 437 g/mol. The van der Waals surface area contributed by atoms with E-state index in [1.165, 1.54) is 16.3 Å². The van der Waals surface area contributed by atoms with Crippen molar-refractivity contribution in [2.75, 3.05) is 18.4 Å². The van der Waals surface area contributed by atoms with Crippen molar-refractivity contribution < 1.29 is 4.79 Å². The summed E-state index contributed by atoms with van der Waals surface area (Å²) in [4.78, 5) is 27.9. The summed E-state index contributed by atoms with van der Waals surface area (Å²) < 4.78 is 0. The molecule has 1 N–H and O–H groups in total. The first-order valence-corrected chi connectivity index (χ1v) is 11.5. The highest BCUT2D eigenvalue weighted by atomic mass is 16.2. The van der Waals surface area contributed by atoms with E-state index >= 15 is 0 Å². The van der Waals surface area contributed by atoms with E-state index in [0.29, 0.717) is 17.4 Å². The molecule has 2 aromatic heterocycles. The quantitative estimate of drug-likeness (QED) is 0.462. The van der Waals surface area contributed by atoms with Crippen LogP contribution in [0.1, 0.15) is 35.2 Å². The molecule has 33 heavy (non-hydrogen) atoms. The first kappa shape index (κ1) is 21.1. The predicted molar refractivity (Wildman–Crippen MR) is 130 cm³/mol. The lowest BCUT2D eigenvalue weighted by atomic mass is 9.92. The van der Waals surface area contributed by atoms with Gasteiger partial charge in [-0.3, -0.25) is 9.78 Å². The van der Waals surface area contributed by atoms with Gasteiger partial charge in [-0.2, -0.15) is 0 Å². The van der Waals surface area contributed by atoms with E-state index in [-0.39, 0.29) is 5.91 Å². The highest BCUT2D eigenvalue weighted by Crippen LogP contribution is 2.25. The van der Waals surface area contributed by atoms with Crippen LogP contribution in [-0.2, 0) is 6.42 Å². The average molecular weight is 438 g/mol. The summed E-state index contributed by atoms with van der Waals surface area (Å²) in [5.41, 5.74) is 2.85. The molecule has 0 bridgehead atoms. The first-order chi connectivity index (χ1) is 16.2. The Bertz CT molecular complexity index is 1240. The molecule has 0 radical (unpaired) electrons. The lowest BCUT2D eigenvalue weighted by Gasteiger charge is -2.21. The van der Waals surface area contributed by atoms with Crippen LogP contribution in [0, 0.1) is 5.92 Å². The van der Waals surface area contributed by atoms with Crippen LogP contribution < -0.4 is 5.32 Å². The molecule has 1 amide bonds. The third-order valence-corrected chi connectivity index (χ3v) is 6.30. The number of aromatic nitrogens is 3. The summed E-state index contributed by atoms with van der Waals surface area (Å²) in [6.45, 7) is 1.59. The van der Waals surface area contributed by atoms with Crippen molar-refractivity contribution in [3.8, 4) is 0 Å². The fourth-order valence-electron chi connectivity index (χ4n) is 4.57. The van der Waals surface area contributed by atoms with Gasteiger partial charge in [-0.25, -0.2) is 9.97 Å². The minimum atomic E-state index is 0.0880. The van der Waals surface area contributed by atoms with Crippen LogP contribution in [0.2, 0.25) is 0 Å². The van der Waals surface area contributed by atoms with E-state index in [2.05, 4.69) is 38.5 Å². The Balaban J connectivity index is 1.22. The van der Waals surface area contributed by atoms with Gasteiger partial charge in [-0.15, -0.1) is 0 Å². The fourth-order valence-corrected chi connectivity index (χ4v) is 4.57. The second kappa shape index (κ2) is 9.77. The Kier molecular flexibility index (Phi) is 6.24. The van der Waals surface area contributed by atoms with Crippen molar-refractivity contribution >= 4 is 28.3 Å². The van der Waals surface area contributed by atoms with Crippen molar-refractivity contribution in [3.63, 3.8) is 0 Å². The Hall–Kier alpha value is -3.80. The highest BCUT2D eigenvalue weighted by Gasteiger charge is 2.22. The molecule has 5 rings (SSSR count). The van der Waals surface area contributed by atoms with E-state index < -0.39 is 0 Å². The van der Waals surface area contributed by atoms with E-state index in [1.807, 2.05) is 47.6 Å². The number of hydrogen-bond donors (Lipinski definition) is 1. The number of rotatable bonds is 5. The minimum Gasteiger partial charge on any atom is -0.339 e. The number of pyridine rings is 1. The standard InChI is InChI=1S/C27H27N5O/c33-26(23-5-1-6-25(18-23)31-27-29-11-3-12-30-27)32-14-2-4-20(10-15-32)16-21-7-8-22-9-13-28-19-24(22)17-21/h1,3,5-9,11-13,17-20H,2,4,10,14-16H2,(H,29,30,31). The number of nitrogens with zero attached hydrogens (tertiary/aromatic N) is 4. The van der Waals surface area contributed by atoms with Gasteiger partial charge in [0.05, 0.1) is 0 Å². The molecule has 0 aliphatic carbocycles. The van der Waals surface area contributed by atoms with Crippen LogP contribution >= 0.6 is 0 Å². The summed E-state index contributed by atoms with van der Waals surface area (Å²) in [7, 11) is 0. The second-order valence-corrected chi connectivity index (χ2v) is 8.63. The number of hydrogen-bond acceptors (Lipinski definition) is 5. The predicted octanol–water partition coefficient (Wildman–Crippen LogP) is 5.25. The van der Waals surface area contributed by atoms with Crippen molar-refractivity contribution in [2.24, 2.45) is 5.92 Å². The van der Waals surface area contributed by atoms with Gasteiger partial charge < -0.3 is 10.2 Å². The van der Waals surface area contributed by atoms with Gasteiger partial charge in [0.2, 0.25) is 5.95 Å². The molecule has 0 saturated carbocycles. The van der Waals surface area contributed by atoms with Crippen LogP contribution in [0.4, 0.5) is 11.6 Å². The second-order valence-electron chi connectivity index (χ2n) is 8.63. The zero-order valence-corrected chi connectivity index (χ0v) is 18.5. The van der Waals surface area contributed by atoms with E-state index in [4.69, 9.17) is 0 Å². The summed E-state index contributed by atoms with van der Waals surface area (Å²) in [5, 5.41) is 5.58. The van der Waals surface area contributed by atoms with Crippen LogP contribution in [0.3, 0.4) is 0 Å². The SMILES string of the molecule is O=C(c1cccc(Nc2ncccn2)c1)N1CCCC(Cc2ccc3ccncc3c2)CC1. The number of benzene rings is 2. The Morgan fingerprint density at radius 3 is 2.76 bits per heavy atom. The molecule has 1 saturated heterocycles. The van der Waals surface area contributed by atoms with Gasteiger partial charge in [0, 0.05) is 54.5 Å². The number of carbonyl (C=O) groups excluding carboxylic acids is 1. The van der Waals surface area contributed by atoms with Crippen molar-refractivity contribution in [1.29, 1.82) is 0 Å². The maximum absolute atomic E-state index is 13.2. The summed E-state index contributed by atoms with van der Waals surface area (Å²) >= 11 is 0. The van der Waals surface area contributed by atoms with Crippen LogP contribution in [0.15, 0.2) is 79.4 Å². The molecule has 3 heterocycles. The number of amides is 1. The van der Waals surface area contributed by atoms with Gasteiger partial charge >= 0.3 is 0 Å². The largest absolute Gasteiger partial charge is 0.339 e. The molecule has 4 aromatic rings. The Morgan fingerprint density at radius 2 is 1.85 bits per heavy atom. The molecule has 166 valence electrons. The average Bonchev–Trinajstić information content (AvgIpc) is 3.10. The molecule has 1 aliphatic heterocycles. The smallest absolute Gasteiger partial charge is 0.253 e. The number of fused-ring (bicyclic) bond motifs is 1. The van der Waals surface area contributed by atoms with E-state index in [0.717, 1.165) is 44.5 Å². The van der Waals surface area contributed by atoms with E-state index in [1.54, 1.807) is 18.5 Å². The molecule has 6 heteroatoms. The Morgan fingerprint density at radius 1 is 0.939 bits per heavy atom. The summed E-state index contributed by atoms with van der Waals surface area (Å²) in [6.07, 6.45) is 11.4. The van der Waals surface area contributed by atoms with Crippen molar-refractivity contribution in [1.82, 2.24) is 19.9 Å². The zero-order chi connectivity index (χ0) is 22.5. The number of anilines is 2. The summed E-state index contributed by atoms with van der Waals surface area (Å²) in [6, 6.07) is 18.1. The topological polar surface area (TPSA) is 71.0 Å². The summed E-state index contributed by atoms with van der Waals surface area (Å²) in [5.74, 6) is 1.19. The van der Waals surface area contributed by atoms with Gasteiger partial charge in [0.1, 0.15) is 0 Å². The maximum Gasteiger partial charge on any atom is 0.253 e. The molecular formula is C27H27N5O. The van der Waals surface area contributed by atoms with Gasteiger partial charge in [0.25, 0.3) is 5.91 Å². The third kappa shape index (κ3) is 5.17. The lowest BCUT2D eigenvalue weighted by Crippen LogP contribution is -2.32. The molecule has 0 spiro atoms. The zero-order valence-electron chi connectivity index (χ0n) is 18.5. The number of carbonyl (C=O) groups is 1. The van der Waals surface area contributed by atoms with Crippen LogP contribution in [0.5, 0.6) is 0 Å². The Labute approximate surface area is 193 Å². The molecule has 2 aromatic carbocycles. The van der Waals surface area contributed by atoms with E-state index in [9.17, 15) is 4.79 Å². The highest BCUT2D eigenvalue weighted by molar-refractivity contribution is 5.95. The molecule has 1 aliphatic rings. The normalized spacial score (nSPS) is 16.4. The van der Waals surface area contributed by atoms with Crippen LogP contribution in [-0.4, -0.2) is 38.8 Å². The van der Waals surface area contributed by atoms with Crippen molar-refractivity contribution in [3.05, 3.63) is 90.5 Å². The molecule has 6 nitrogen and oxygen atoms in total. The van der Waals surface area contributed by atoms with Gasteiger partial charge in [-0.1, -0.05) is 18.2 Å². The maximum atomic E-state index is 13.2. The first-order valence-electron chi connectivity index (χ1n) is 11.5. The fraction of sp³-hybridized carbons (Fsp3) is 0.259. The number of nitrogens with one attached hydrogen (secondary N) is 1. The van der Waals surface area contributed by atoms with Gasteiger partial charge in [0.15, 0.2) is 0 Å². The molecular weight excluding hydrogens is 410 g/mol. The lowest BCUT2D eigenvalue weighted by molar-refractivity contribution is 0.0760.